The molecule has 0 fully saturated rings. The van der Waals surface area contributed by atoms with Crippen molar-refractivity contribution in [2.24, 2.45) is 0 Å². The van der Waals surface area contributed by atoms with Crippen molar-refractivity contribution in [3.63, 3.8) is 0 Å². The monoisotopic (exact) mass is 1290 g/mol. The van der Waals surface area contributed by atoms with E-state index in [1.807, 2.05) is 33.3 Å². The molecule has 3 unspecified atom stereocenters. The quantitative estimate of drug-likeness (QED) is 0.0205. The van der Waals surface area contributed by atoms with E-state index in [0.717, 1.165) is 135 Å². The summed E-state index contributed by atoms with van der Waals surface area (Å²) in [4.78, 5) is 38.0. The normalized spacial score (nSPS) is 14.1. The van der Waals surface area contributed by atoms with Crippen LogP contribution in [-0.2, 0) is 27.9 Å². The molecule has 0 aromatic heterocycles. The first-order valence-electron chi connectivity index (χ1n) is 37.9. The number of ether oxygens (including phenoxy) is 1. The van der Waals surface area contributed by atoms with Crippen LogP contribution < -0.4 is 5.32 Å². The summed E-state index contributed by atoms with van der Waals surface area (Å²) in [5.41, 5.74) is 0. The Hall–Kier alpha value is -3.59. The number of nitrogens with zero attached hydrogens (tertiary/aromatic N) is 1. The molecule has 0 aliphatic rings. The second kappa shape index (κ2) is 69.2. The minimum absolute atomic E-state index is 0.0326. The Labute approximate surface area is 563 Å². The largest absolute Gasteiger partial charge is 0.472 e. The molecule has 0 aliphatic carbocycles. The lowest BCUT2D eigenvalue weighted by molar-refractivity contribution is -0.870. The van der Waals surface area contributed by atoms with Crippen molar-refractivity contribution >= 4 is 19.7 Å². The van der Waals surface area contributed by atoms with Gasteiger partial charge >= 0.3 is 13.8 Å². The van der Waals surface area contributed by atoms with E-state index in [4.69, 9.17) is 13.8 Å². The van der Waals surface area contributed by atoms with Crippen molar-refractivity contribution in [1.82, 2.24) is 5.32 Å². The van der Waals surface area contributed by atoms with E-state index >= 15 is 0 Å². The molecule has 0 spiro atoms. The third-order valence-electron chi connectivity index (χ3n) is 16.4. The van der Waals surface area contributed by atoms with Gasteiger partial charge in [0.15, 0.2) is 0 Å². The van der Waals surface area contributed by atoms with Crippen molar-refractivity contribution in [2.75, 3.05) is 40.9 Å². The Morgan fingerprint density at radius 1 is 0.396 bits per heavy atom. The van der Waals surface area contributed by atoms with Crippen molar-refractivity contribution in [3.8, 4) is 0 Å². The molecule has 0 aromatic carbocycles. The van der Waals surface area contributed by atoms with Gasteiger partial charge in [0, 0.05) is 12.8 Å². The molecule has 0 bridgehead atoms. The lowest BCUT2D eigenvalue weighted by Gasteiger charge is -2.27. The molecular weight excluding hydrogens is 1140 g/mol. The molecular formula is C81H144N2O7P+. The number of likely N-dealkylation sites (N-methyl/N-ethyl adjacent to an activating group) is 1. The third-order valence-corrected chi connectivity index (χ3v) is 17.4. The van der Waals surface area contributed by atoms with Gasteiger partial charge < -0.3 is 19.4 Å². The van der Waals surface area contributed by atoms with Crippen molar-refractivity contribution in [2.45, 2.75) is 341 Å². The van der Waals surface area contributed by atoms with Crippen LogP contribution in [0, 0.1) is 0 Å². The maximum Gasteiger partial charge on any atom is 0.472 e. The summed E-state index contributed by atoms with van der Waals surface area (Å²) in [7, 11) is 1.48. The highest BCUT2D eigenvalue weighted by Gasteiger charge is 2.30. The van der Waals surface area contributed by atoms with E-state index < -0.39 is 20.0 Å². The minimum Gasteiger partial charge on any atom is -0.456 e. The van der Waals surface area contributed by atoms with E-state index in [2.05, 4.69) is 135 Å². The number of amides is 1. The number of hydrogen-bond donors (Lipinski definition) is 2. The lowest BCUT2D eigenvalue weighted by Crippen LogP contribution is -2.47. The maximum absolute atomic E-state index is 13.7. The van der Waals surface area contributed by atoms with E-state index in [-0.39, 0.29) is 31.5 Å². The first kappa shape index (κ1) is 87.4. The average Bonchev–Trinajstić information content (AvgIpc) is 3.70. The van der Waals surface area contributed by atoms with Crippen LogP contribution in [-0.4, -0.2) is 74.3 Å². The van der Waals surface area contributed by atoms with Gasteiger partial charge in [-0.15, -0.1) is 0 Å². The summed E-state index contributed by atoms with van der Waals surface area (Å²) in [6.07, 6.45) is 97.8. The Morgan fingerprint density at radius 3 is 1.08 bits per heavy atom. The highest BCUT2D eigenvalue weighted by molar-refractivity contribution is 7.47. The Balaban J connectivity index is 5.07. The zero-order valence-corrected chi connectivity index (χ0v) is 60.9. The highest BCUT2D eigenvalue weighted by Crippen LogP contribution is 2.43. The van der Waals surface area contributed by atoms with Crippen LogP contribution in [0.2, 0.25) is 0 Å². The number of phosphoric ester groups is 1. The molecule has 0 saturated carbocycles. The molecule has 0 rings (SSSR count). The molecule has 1 amide bonds. The molecule has 0 radical (unpaired) electrons. The standard InChI is InChI=1S/C81H143N2O7P/c1-7-10-13-16-19-22-25-28-30-32-34-36-38-40-41-43-44-46-48-50-52-55-58-61-64-67-70-73-80(84)82-78(77-89-91(86,87)88-76-75-83(4,5)6)79(72-69-66-63-60-57-54-27-24-21-18-15-12-9-3)90-81(85)74-71-68-65-62-59-56-53-51-49-47-45-42-39-37-35-33-31-29-26-23-20-17-14-11-8-2/h11,14,19-20,22-23,28-31,34-37,42,45,49,51,69,72,78-79H,7-10,12-13,15-18,21,24-27,32-33,38-41,43-44,46-48,50,52-68,70-71,73-77H2,1-6H3,(H-,82,84,86,87)/p+1/b14-11-,22-19-,23-20-,30-28-,31-29-,36-34-,37-35-,45-42-,51-49-,72-69+. The second-order valence-electron chi connectivity index (χ2n) is 26.4. The van der Waals surface area contributed by atoms with Gasteiger partial charge in [0.1, 0.15) is 19.3 Å². The topological polar surface area (TPSA) is 111 Å². The number of rotatable bonds is 68. The van der Waals surface area contributed by atoms with E-state index in [0.29, 0.717) is 17.4 Å². The van der Waals surface area contributed by atoms with Crippen LogP contribution in [0.5, 0.6) is 0 Å². The highest BCUT2D eigenvalue weighted by atomic mass is 31.2. The number of allylic oxidation sites excluding steroid dienone is 19. The van der Waals surface area contributed by atoms with Crippen LogP contribution >= 0.6 is 7.82 Å². The molecule has 9 nitrogen and oxygen atoms in total. The number of carbonyl (C=O) groups is 2. The molecule has 91 heavy (non-hydrogen) atoms. The van der Waals surface area contributed by atoms with Gasteiger partial charge in [-0.05, 0) is 122 Å². The fraction of sp³-hybridized carbons (Fsp3) is 0.728. The van der Waals surface area contributed by atoms with Gasteiger partial charge in [0.25, 0.3) is 0 Å². The molecule has 0 heterocycles. The number of unbranched alkanes of at least 4 members (excludes halogenated alkanes) is 34. The van der Waals surface area contributed by atoms with E-state index in [1.165, 1.54) is 161 Å². The summed E-state index contributed by atoms with van der Waals surface area (Å²) in [6, 6.07) is -0.864. The number of phosphoric acid groups is 1. The van der Waals surface area contributed by atoms with Crippen LogP contribution in [0.1, 0.15) is 329 Å². The lowest BCUT2D eigenvalue weighted by atomic mass is 10.0. The smallest absolute Gasteiger partial charge is 0.456 e. The first-order chi connectivity index (χ1) is 44.4. The number of hydrogen-bond acceptors (Lipinski definition) is 6. The van der Waals surface area contributed by atoms with Gasteiger partial charge in [0.2, 0.25) is 5.91 Å². The van der Waals surface area contributed by atoms with Crippen LogP contribution in [0.4, 0.5) is 0 Å². The van der Waals surface area contributed by atoms with Gasteiger partial charge in [-0.1, -0.05) is 316 Å². The van der Waals surface area contributed by atoms with Gasteiger partial charge in [-0.3, -0.25) is 18.6 Å². The molecule has 2 N–H and O–H groups in total. The van der Waals surface area contributed by atoms with E-state index in [1.54, 1.807) is 0 Å². The van der Waals surface area contributed by atoms with E-state index in [9.17, 15) is 19.0 Å². The Kier molecular flexibility index (Phi) is 66.5. The number of esters is 1. The zero-order chi connectivity index (χ0) is 66.3. The predicted octanol–water partition coefficient (Wildman–Crippen LogP) is 24.6. The summed E-state index contributed by atoms with van der Waals surface area (Å²) in [5, 5.41) is 3.07. The molecule has 10 heteroatoms. The molecule has 3 atom stereocenters. The van der Waals surface area contributed by atoms with Crippen molar-refractivity contribution in [1.29, 1.82) is 0 Å². The fourth-order valence-electron chi connectivity index (χ4n) is 10.6. The molecule has 0 aromatic rings. The Bertz CT molecular complexity index is 1970. The Morgan fingerprint density at radius 2 is 0.703 bits per heavy atom. The fourth-order valence-corrected chi connectivity index (χ4v) is 11.3. The predicted molar refractivity (Wildman–Crippen MR) is 396 cm³/mol. The summed E-state index contributed by atoms with van der Waals surface area (Å²) < 4.78 is 30.9. The number of carbonyl (C=O) groups excluding carboxylic acids is 2. The van der Waals surface area contributed by atoms with Crippen molar-refractivity contribution in [3.05, 3.63) is 122 Å². The SMILES string of the molecule is CC/C=C\C/C=C\C/C=C\C/C=C\C/C=C\C/C=C\CCCCCCCCC(=O)OC(/C=C/CCCCCCCCCCCCC)C(COP(=O)(O)OCC[N+](C)(C)C)NC(=O)CCCCCCCCCCCCCCCC/C=C\C/C=C\C/C=C\CCCCC. The minimum atomic E-state index is -4.47. The van der Waals surface area contributed by atoms with Crippen LogP contribution in [0.3, 0.4) is 0 Å². The van der Waals surface area contributed by atoms with Crippen molar-refractivity contribution < 1.29 is 37.3 Å². The van der Waals surface area contributed by atoms with Gasteiger partial charge in [-0.2, -0.15) is 0 Å². The van der Waals surface area contributed by atoms with Gasteiger partial charge in [0.05, 0.1) is 33.8 Å². The zero-order valence-electron chi connectivity index (χ0n) is 60.1. The van der Waals surface area contributed by atoms with Crippen LogP contribution in [0.15, 0.2) is 122 Å². The number of nitrogens with one attached hydrogen (secondary N) is 1. The molecule has 0 saturated heterocycles. The number of quaternary nitrogens is 1. The maximum atomic E-state index is 13.7. The average molecular weight is 1290 g/mol. The first-order valence-corrected chi connectivity index (χ1v) is 39.4. The third kappa shape index (κ3) is 70.6. The summed E-state index contributed by atoms with van der Waals surface area (Å²) in [6.45, 7) is 6.89. The van der Waals surface area contributed by atoms with Crippen LogP contribution in [0.25, 0.3) is 0 Å². The summed E-state index contributed by atoms with van der Waals surface area (Å²) in [5.74, 6) is -0.520. The summed E-state index contributed by atoms with van der Waals surface area (Å²) >= 11 is 0. The van der Waals surface area contributed by atoms with Gasteiger partial charge in [-0.25, -0.2) is 4.57 Å². The molecule has 0 aliphatic heterocycles. The second-order valence-corrected chi connectivity index (χ2v) is 27.9. The molecule has 524 valence electrons.